The molecule has 0 aliphatic heterocycles. The summed E-state index contributed by atoms with van der Waals surface area (Å²) in [5.74, 6) is 2.15. The monoisotopic (exact) mass is 373 g/mol. The fraction of sp³-hybridized carbons (Fsp3) is 0.333. The van der Waals surface area contributed by atoms with Crippen molar-refractivity contribution in [2.45, 2.75) is 30.8 Å². The van der Waals surface area contributed by atoms with Crippen molar-refractivity contribution in [3.63, 3.8) is 0 Å². The number of nitrogens with one attached hydrogen (secondary N) is 1. The number of anilines is 3. The van der Waals surface area contributed by atoms with Gasteiger partial charge in [-0.1, -0.05) is 23.9 Å². The normalized spacial score (nSPS) is 10.9. The van der Waals surface area contributed by atoms with Crippen molar-refractivity contribution in [1.29, 1.82) is 0 Å². The van der Waals surface area contributed by atoms with E-state index in [1.165, 1.54) is 11.8 Å². The van der Waals surface area contributed by atoms with Crippen LogP contribution in [-0.2, 0) is 5.75 Å². The van der Waals surface area contributed by atoms with E-state index in [0.29, 0.717) is 28.4 Å². The minimum absolute atomic E-state index is 0.136. The molecule has 0 unspecified atom stereocenters. The predicted octanol–water partition coefficient (Wildman–Crippen LogP) is 2.07. The molecule has 0 spiro atoms. The van der Waals surface area contributed by atoms with Crippen molar-refractivity contribution in [3.05, 3.63) is 30.1 Å². The molecule has 0 fully saturated rings. The Bertz CT molecular complexity index is 883. The van der Waals surface area contributed by atoms with E-state index in [1.807, 2.05) is 38.1 Å². The molecule has 0 aliphatic carbocycles. The number of aromatic nitrogens is 7. The number of ether oxygens (including phenoxy) is 1. The molecule has 0 saturated heterocycles. The first-order valence-corrected chi connectivity index (χ1v) is 8.86. The van der Waals surface area contributed by atoms with Gasteiger partial charge in [0, 0.05) is 0 Å². The molecule has 0 saturated carbocycles. The van der Waals surface area contributed by atoms with Crippen LogP contribution in [0.1, 0.15) is 25.7 Å². The minimum Gasteiger partial charge on any atom is -0.495 e. The Morgan fingerprint density at radius 2 is 2.04 bits per heavy atom. The van der Waals surface area contributed by atoms with E-state index in [1.54, 1.807) is 11.8 Å². The number of nitrogens with zero attached hydrogens (tertiary/aromatic N) is 7. The van der Waals surface area contributed by atoms with E-state index < -0.39 is 0 Å². The summed E-state index contributed by atoms with van der Waals surface area (Å²) in [7, 11) is 1.60. The van der Waals surface area contributed by atoms with Gasteiger partial charge in [0.15, 0.2) is 0 Å². The number of methoxy groups -OCH3 is 1. The molecule has 11 heteroatoms. The smallest absolute Gasteiger partial charge is 0.232 e. The number of benzene rings is 1. The Labute approximate surface area is 154 Å². The summed E-state index contributed by atoms with van der Waals surface area (Å²) in [6.45, 7) is 4.02. The Morgan fingerprint density at radius 1 is 1.23 bits per heavy atom. The standard InChI is InChI=1S/C15H19N9OS/c1-9(2)24-15(21-22-23-24)26-8-12-18-13(16)20-14(19-12)17-10-6-4-5-7-11(10)25-3/h4-7,9H,8H2,1-3H3,(H3,16,17,18,19,20). The average molecular weight is 373 g/mol. The molecular formula is C15H19N9OS. The van der Waals surface area contributed by atoms with E-state index in [2.05, 4.69) is 35.8 Å². The van der Waals surface area contributed by atoms with Gasteiger partial charge in [0.1, 0.15) is 11.6 Å². The molecule has 0 radical (unpaired) electrons. The molecule has 26 heavy (non-hydrogen) atoms. The zero-order chi connectivity index (χ0) is 18.5. The van der Waals surface area contributed by atoms with Crippen molar-refractivity contribution < 1.29 is 4.74 Å². The maximum absolute atomic E-state index is 5.82. The molecule has 2 heterocycles. The van der Waals surface area contributed by atoms with Crippen LogP contribution in [-0.4, -0.2) is 42.3 Å². The highest BCUT2D eigenvalue weighted by Crippen LogP contribution is 2.26. The summed E-state index contributed by atoms with van der Waals surface area (Å²) < 4.78 is 7.06. The molecule has 0 amide bonds. The first kappa shape index (κ1) is 17.9. The van der Waals surface area contributed by atoms with Gasteiger partial charge in [0.05, 0.1) is 24.6 Å². The summed E-state index contributed by atoms with van der Waals surface area (Å²) in [6, 6.07) is 7.64. The van der Waals surface area contributed by atoms with Crippen LogP contribution in [0.5, 0.6) is 5.75 Å². The highest BCUT2D eigenvalue weighted by molar-refractivity contribution is 7.98. The zero-order valence-electron chi connectivity index (χ0n) is 14.6. The van der Waals surface area contributed by atoms with Crippen molar-refractivity contribution in [2.75, 3.05) is 18.2 Å². The predicted molar refractivity (Wildman–Crippen MR) is 98.3 cm³/mol. The van der Waals surface area contributed by atoms with E-state index in [0.717, 1.165) is 5.69 Å². The van der Waals surface area contributed by atoms with E-state index in [4.69, 9.17) is 10.5 Å². The topological polar surface area (TPSA) is 130 Å². The lowest BCUT2D eigenvalue weighted by atomic mass is 10.3. The van der Waals surface area contributed by atoms with Crippen LogP contribution in [0.25, 0.3) is 0 Å². The average Bonchev–Trinajstić information content (AvgIpc) is 3.09. The SMILES string of the molecule is COc1ccccc1Nc1nc(N)nc(CSc2nnnn2C(C)C)n1. The molecule has 0 bridgehead atoms. The van der Waals surface area contributed by atoms with Crippen LogP contribution in [0.4, 0.5) is 17.6 Å². The first-order valence-electron chi connectivity index (χ1n) is 7.88. The highest BCUT2D eigenvalue weighted by atomic mass is 32.2. The zero-order valence-corrected chi connectivity index (χ0v) is 15.4. The van der Waals surface area contributed by atoms with Crippen molar-refractivity contribution in [2.24, 2.45) is 0 Å². The number of hydrogen-bond acceptors (Lipinski definition) is 10. The fourth-order valence-corrected chi connectivity index (χ4v) is 3.02. The van der Waals surface area contributed by atoms with Crippen molar-refractivity contribution in [1.82, 2.24) is 35.2 Å². The second-order valence-corrected chi connectivity index (χ2v) is 6.49. The van der Waals surface area contributed by atoms with Gasteiger partial charge in [-0.05, 0) is 36.4 Å². The van der Waals surface area contributed by atoms with Crippen LogP contribution < -0.4 is 15.8 Å². The molecular weight excluding hydrogens is 354 g/mol. The summed E-state index contributed by atoms with van der Waals surface area (Å²) in [4.78, 5) is 12.7. The van der Waals surface area contributed by atoms with E-state index >= 15 is 0 Å². The van der Waals surface area contributed by atoms with Gasteiger partial charge >= 0.3 is 0 Å². The third kappa shape index (κ3) is 4.17. The lowest BCUT2D eigenvalue weighted by Crippen LogP contribution is -2.08. The Balaban J connectivity index is 1.76. The number of nitrogens with two attached hydrogens (primary N) is 1. The van der Waals surface area contributed by atoms with Gasteiger partial charge < -0.3 is 15.8 Å². The second-order valence-electron chi connectivity index (χ2n) is 5.55. The molecule has 2 aromatic heterocycles. The van der Waals surface area contributed by atoms with Crippen LogP contribution in [0.15, 0.2) is 29.4 Å². The van der Waals surface area contributed by atoms with Crippen molar-refractivity contribution >= 4 is 29.3 Å². The van der Waals surface area contributed by atoms with Crippen LogP contribution >= 0.6 is 11.8 Å². The quantitative estimate of drug-likeness (QED) is 0.593. The lowest BCUT2D eigenvalue weighted by molar-refractivity contribution is 0.417. The van der Waals surface area contributed by atoms with Gasteiger partial charge in [-0.15, -0.1) is 5.10 Å². The van der Waals surface area contributed by atoms with Crippen LogP contribution in [0.3, 0.4) is 0 Å². The molecule has 0 atom stereocenters. The van der Waals surface area contributed by atoms with Crippen LogP contribution in [0.2, 0.25) is 0 Å². The molecule has 136 valence electrons. The number of hydrogen-bond donors (Lipinski definition) is 2. The number of tetrazole rings is 1. The Morgan fingerprint density at radius 3 is 2.81 bits per heavy atom. The first-order chi connectivity index (χ1) is 12.6. The van der Waals surface area contributed by atoms with E-state index in [9.17, 15) is 0 Å². The number of rotatable bonds is 7. The fourth-order valence-electron chi connectivity index (χ4n) is 2.16. The van der Waals surface area contributed by atoms with Gasteiger partial charge in [-0.25, -0.2) is 4.68 Å². The molecule has 0 aliphatic rings. The number of thioether (sulfide) groups is 1. The van der Waals surface area contributed by atoms with Gasteiger partial charge in [-0.3, -0.25) is 0 Å². The van der Waals surface area contributed by atoms with Gasteiger partial charge in [0.25, 0.3) is 0 Å². The van der Waals surface area contributed by atoms with Gasteiger partial charge in [-0.2, -0.15) is 15.0 Å². The summed E-state index contributed by atoms with van der Waals surface area (Å²) in [5, 5.41) is 15.5. The number of nitrogen functional groups attached to an aromatic ring is 1. The maximum Gasteiger partial charge on any atom is 0.232 e. The second kappa shape index (κ2) is 7.95. The molecule has 3 rings (SSSR count). The molecule has 3 aromatic rings. The third-order valence-corrected chi connectivity index (χ3v) is 4.26. The largest absolute Gasteiger partial charge is 0.495 e. The Hall–Kier alpha value is -2.95. The molecule has 1 aromatic carbocycles. The summed E-state index contributed by atoms with van der Waals surface area (Å²) in [6.07, 6.45) is 0. The van der Waals surface area contributed by atoms with E-state index in [-0.39, 0.29) is 12.0 Å². The van der Waals surface area contributed by atoms with Crippen LogP contribution in [0, 0.1) is 0 Å². The lowest BCUT2D eigenvalue weighted by Gasteiger charge is -2.11. The number of para-hydroxylation sites is 2. The third-order valence-electron chi connectivity index (χ3n) is 3.33. The Kier molecular flexibility index (Phi) is 5.46. The van der Waals surface area contributed by atoms with Crippen molar-refractivity contribution in [3.8, 4) is 5.75 Å². The summed E-state index contributed by atoms with van der Waals surface area (Å²) in [5.41, 5.74) is 6.56. The highest BCUT2D eigenvalue weighted by Gasteiger charge is 2.12. The van der Waals surface area contributed by atoms with Gasteiger partial charge in [0.2, 0.25) is 17.1 Å². The summed E-state index contributed by atoms with van der Waals surface area (Å²) >= 11 is 1.43. The minimum atomic E-state index is 0.136. The molecule has 3 N–H and O–H groups in total. The maximum atomic E-state index is 5.82. The molecule has 10 nitrogen and oxygen atoms in total.